The first kappa shape index (κ1) is 18.0. The summed E-state index contributed by atoms with van der Waals surface area (Å²) in [4.78, 5) is 23.2. The summed E-state index contributed by atoms with van der Waals surface area (Å²) < 4.78 is 5.78. The molecule has 1 amide bonds. The minimum atomic E-state index is 0.00756. The van der Waals surface area contributed by atoms with Crippen LogP contribution in [0, 0.1) is 5.92 Å². The van der Waals surface area contributed by atoms with Gasteiger partial charge in [0.05, 0.1) is 6.20 Å². The Kier molecular flexibility index (Phi) is 5.47. The van der Waals surface area contributed by atoms with Crippen molar-refractivity contribution >= 4 is 17.4 Å². The van der Waals surface area contributed by atoms with Crippen LogP contribution in [0.4, 0.5) is 11.5 Å². The van der Waals surface area contributed by atoms with Crippen molar-refractivity contribution in [2.75, 3.05) is 23.3 Å². The third-order valence-electron chi connectivity index (χ3n) is 4.84. The number of hydrogen-bond acceptors (Lipinski definition) is 5. The summed E-state index contributed by atoms with van der Waals surface area (Å²) in [6.45, 7) is 1.61. The fourth-order valence-electron chi connectivity index (χ4n) is 3.30. The molecule has 1 aliphatic heterocycles. The Morgan fingerprint density at radius 1 is 0.964 bits per heavy atom. The SMILES string of the molecule is O=C(Nc1ccc(Oc2ccccc2)cc1)C1CCN(c2cnccn2)CC1. The summed E-state index contributed by atoms with van der Waals surface area (Å²) in [6.07, 6.45) is 6.73. The van der Waals surface area contributed by atoms with Gasteiger partial charge in [0, 0.05) is 37.1 Å². The van der Waals surface area contributed by atoms with Crippen molar-refractivity contribution in [3.05, 3.63) is 73.2 Å². The molecule has 142 valence electrons. The monoisotopic (exact) mass is 374 g/mol. The van der Waals surface area contributed by atoms with Crippen LogP contribution in [0.1, 0.15) is 12.8 Å². The second kappa shape index (κ2) is 8.52. The normalized spacial score (nSPS) is 14.5. The van der Waals surface area contributed by atoms with Gasteiger partial charge in [0.2, 0.25) is 5.91 Å². The van der Waals surface area contributed by atoms with Gasteiger partial charge in [-0.05, 0) is 49.2 Å². The number of piperidine rings is 1. The standard InChI is InChI=1S/C22H22N4O2/c27-22(17-10-14-26(15-11-17)21-16-23-12-13-24-21)25-18-6-8-20(9-7-18)28-19-4-2-1-3-5-19/h1-9,12-13,16-17H,10-11,14-15H2,(H,25,27). The fraction of sp³-hybridized carbons (Fsp3) is 0.227. The molecule has 0 bridgehead atoms. The number of amides is 1. The van der Waals surface area contributed by atoms with E-state index in [-0.39, 0.29) is 11.8 Å². The molecular formula is C22H22N4O2. The molecule has 1 saturated heterocycles. The van der Waals surface area contributed by atoms with E-state index in [1.54, 1.807) is 18.6 Å². The number of carbonyl (C=O) groups is 1. The lowest BCUT2D eigenvalue weighted by Gasteiger charge is -2.31. The number of para-hydroxylation sites is 1. The zero-order valence-electron chi connectivity index (χ0n) is 15.5. The number of hydrogen-bond donors (Lipinski definition) is 1. The van der Waals surface area contributed by atoms with Crippen molar-refractivity contribution < 1.29 is 9.53 Å². The first-order chi connectivity index (χ1) is 13.8. The average molecular weight is 374 g/mol. The lowest BCUT2D eigenvalue weighted by molar-refractivity contribution is -0.120. The Morgan fingerprint density at radius 2 is 1.68 bits per heavy atom. The Balaban J connectivity index is 1.29. The third kappa shape index (κ3) is 4.46. The molecule has 28 heavy (non-hydrogen) atoms. The molecule has 6 heteroatoms. The second-order valence-electron chi connectivity index (χ2n) is 6.75. The molecule has 0 spiro atoms. The number of carbonyl (C=O) groups excluding carboxylic acids is 1. The molecule has 1 aliphatic rings. The zero-order chi connectivity index (χ0) is 19.2. The highest BCUT2D eigenvalue weighted by atomic mass is 16.5. The Bertz CT molecular complexity index is 893. The highest BCUT2D eigenvalue weighted by Gasteiger charge is 2.25. The molecule has 0 unspecified atom stereocenters. The second-order valence-corrected chi connectivity index (χ2v) is 6.75. The molecule has 1 fully saturated rings. The van der Waals surface area contributed by atoms with Crippen molar-refractivity contribution in [2.24, 2.45) is 5.92 Å². The van der Waals surface area contributed by atoms with Crippen molar-refractivity contribution in [2.45, 2.75) is 12.8 Å². The highest BCUT2D eigenvalue weighted by molar-refractivity contribution is 5.92. The topological polar surface area (TPSA) is 67.3 Å². The number of benzene rings is 2. The first-order valence-corrected chi connectivity index (χ1v) is 9.43. The lowest BCUT2D eigenvalue weighted by atomic mass is 9.96. The van der Waals surface area contributed by atoms with Crippen LogP contribution >= 0.6 is 0 Å². The minimum absolute atomic E-state index is 0.00756. The summed E-state index contributed by atoms with van der Waals surface area (Å²) in [7, 11) is 0. The summed E-state index contributed by atoms with van der Waals surface area (Å²) >= 11 is 0. The smallest absolute Gasteiger partial charge is 0.227 e. The summed E-state index contributed by atoms with van der Waals surface area (Å²) in [6, 6.07) is 17.1. The van der Waals surface area contributed by atoms with Crippen LogP contribution in [0.5, 0.6) is 11.5 Å². The van der Waals surface area contributed by atoms with E-state index in [4.69, 9.17) is 4.74 Å². The molecule has 1 N–H and O–H groups in total. The van der Waals surface area contributed by atoms with E-state index in [0.717, 1.165) is 48.9 Å². The predicted molar refractivity (Wildman–Crippen MR) is 109 cm³/mol. The largest absolute Gasteiger partial charge is 0.457 e. The zero-order valence-corrected chi connectivity index (χ0v) is 15.5. The molecule has 6 nitrogen and oxygen atoms in total. The van der Waals surface area contributed by atoms with Gasteiger partial charge in [-0.1, -0.05) is 18.2 Å². The van der Waals surface area contributed by atoms with E-state index in [9.17, 15) is 4.79 Å². The highest BCUT2D eigenvalue weighted by Crippen LogP contribution is 2.25. The molecule has 0 radical (unpaired) electrons. The van der Waals surface area contributed by atoms with Crippen molar-refractivity contribution in [3.63, 3.8) is 0 Å². The van der Waals surface area contributed by atoms with Crippen molar-refractivity contribution in [3.8, 4) is 11.5 Å². The molecule has 2 heterocycles. The number of nitrogens with one attached hydrogen (secondary N) is 1. The van der Waals surface area contributed by atoms with Crippen LogP contribution in [0.15, 0.2) is 73.2 Å². The predicted octanol–water partition coefficient (Wildman–Crippen LogP) is 4.12. The molecular weight excluding hydrogens is 352 g/mol. The molecule has 1 aromatic heterocycles. The van der Waals surface area contributed by atoms with Gasteiger partial charge in [-0.3, -0.25) is 9.78 Å². The van der Waals surface area contributed by atoms with Crippen LogP contribution in [0.2, 0.25) is 0 Å². The van der Waals surface area contributed by atoms with E-state index in [1.807, 2.05) is 54.6 Å². The van der Waals surface area contributed by atoms with Crippen LogP contribution in [-0.2, 0) is 4.79 Å². The number of rotatable bonds is 5. The van der Waals surface area contributed by atoms with E-state index < -0.39 is 0 Å². The van der Waals surface area contributed by atoms with Crippen LogP contribution < -0.4 is 15.0 Å². The van der Waals surface area contributed by atoms with E-state index in [1.165, 1.54) is 0 Å². The molecule has 0 saturated carbocycles. The molecule has 0 atom stereocenters. The quantitative estimate of drug-likeness (QED) is 0.727. The maximum absolute atomic E-state index is 12.6. The van der Waals surface area contributed by atoms with Gasteiger partial charge in [0.15, 0.2) is 0 Å². The molecule has 3 aromatic rings. The van der Waals surface area contributed by atoms with Crippen LogP contribution in [-0.4, -0.2) is 29.0 Å². The van der Waals surface area contributed by atoms with Gasteiger partial charge in [0.1, 0.15) is 17.3 Å². The van der Waals surface area contributed by atoms with Crippen molar-refractivity contribution in [1.82, 2.24) is 9.97 Å². The summed E-state index contributed by atoms with van der Waals surface area (Å²) in [5, 5.41) is 3.02. The third-order valence-corrected chi connectivity index (χ3v) is 4.84. The number of nitrogens with zero attached hydrogens (tertiary/aromatic N) is 3. The Hall–Kier alpha value is -3.41. The average Bonchev–Trinajstić information content (AvgIpc) is 2.76. The molecule has 4 rings (SSSR count). The minimum Gasteiger partial charge on any atom is -0.457 e. The van der Waals surface area contributed by atoms with Gasteiger partial charge in [0.25, 0.3) is 0 Å². The van der Waals surface area contributed by atoms with Gasteiger partial charge in [-0.2, -0.15) is 0 Å². The van der Waals surface area contributed by atoms with E-state index in [0.29, 0.717) is 0 Å². The van der Waals surface area contributed by atoms with E-state index in [2.05, 4.69) is 20.2 Å². The van der Waals surface area contributed by atoms with Gasteiger partial charge < -0.3 is 15.0 Å². The molecule has 0 aliphatic carbocycles. The van der Waals surface area contributed by atoms with E-state index >= 15 is 0 Å². The van der Waals surface area contributed by atoms with Gasteiger partial charge in [-0.15, -0.1) is 0 Å². The number of aromatic nitrogens is 2. The van der Waals surface area contributed by atoms with Crippen molar-refractivity contribution in [1.29, 1.82) is 0 Å². The number of anilines is 2. The Labute approximate surface area is 164 Å². The van der Waals surface area contributed by atoms with Crippen LogP contribution in [0.25, 0.3) is 0 Å². The number of ether oxygens (including phenoxy) is 1. The Morgan fingerprint density at radius 3 is 2.36 bits per heavy atom. The fourth-order valence-corrected chi connectivity index (χ4v) is 3.30. The van der Waals surface area contributed by atoms with Gasteiger partial charge >= 0.3 is 0 Å². The van der Waals surface area contributed by atoms with Gasteiger partial charge in [-0.25, -0.2) is 4.98 Å². The summed E-state index contributed by atoms with van der Waals surface area (Å²) in [5.41, 5.74) is 0.779. The lowest BCUT2D eigenvalue weighted by Crippen LogP contribution is -2.38. The summed E-state index contributed by atoms with van der Waals surface area (Å²) in [5.74, 6) is 2.47. The first-order valence-electron chi connectivity index (χ1n) is 9.43. The maximum Gasteiger partial charge on any atom is 0.227 e. The molecule has 2 aromatic carbocycles. The van der Waals surface area contributed by atoms with Crippen LogP contribution in [0.3, 0.4) is 0 Å². The maximum atomic E-state index is 12.6.